The fraction of sp³-hybridized carbons (Fsp3) is 0.385. The normalized spacial score (nSPS) is 12.6. The highest BCUT2D eigenvalue weighted by atomic mass is 16.4. The van der Waals surface area contributed by atoms with Crippen LogP contribution in [0.5, 0.6) is 0 Å². The number of benzene rings is 1. The smallest absolute Gasteiger partial charge is 0.408 e. The Morgan fingerprint density at radius 1 is 1.53 bits per heavy atom. The van der Waals surface area contributed by atoms with Crippen LogP contribution in [0.1, 0.15) is 13.3 Å². The molecule has 2 aromatic rings. The van der Waals surface area contributed by atoms with Crippen molar-refractivity contribution < 1.29 is 14.3 Å². The fourth-order valence-electron chi connectivity index (χ4n) is 1.93. The number of oxazole rings is 1. The number of nitrogens with one attached hydrogen (secondary N) is 1. The van der Waals surface area contributed by atoms with Crippen LogP contribution in [0, 0.1) is 5.92 Å². The van der Waals surface area contributed by atoms with Crippen LogP contribution < -0.4 is 10.7 Å². The van der Waals surface area contributed by atoms with Gasteiger partial charge in [0, 0.05) is 12.7 Å². The number of fused-ring (bicyclic) bond motifs is 1. The molecule has 1 aromatic carbocycles. The van der Waals surface area contributed by atoms with Gasteiger partial charge < -0.3 is 14.4 Å². The monoisotopic (exact) mass is 264 g/mol. The summed E-state index contributed by atoms with van der Waals surface area (Å²) in [4.78, 5) is 27.2. The van der Waals surface area contributed by atoms with Crippen molar-refractivity contribution in [3.63, 3.8) is 0 Å². The van der Waals surface area contributed by atoms with E-state index in [1.54, 1.807) is 25.2 Å². The van der Waals surface area contributed by atoms with Gasteiger partial charge in [0.15, 0.2) is 5.58 Å². The number of carbonyl (C=O) groups excluding carboxylic acids is 1. The van der Waals surface area contributed by atoms with Crippen LogP contribution in [0.15, 0.2) is 27.4 Å². The average Bonchev–Trinajstić information content (AvgIpc) is 2.78. The molecule has 0 aliphatic heterocycles. The van der Waals surface area contributed by atoms with Crippen LogP contribution >= 0.6 is 0 Å². The second-order valence-electron chi connectivity index (χ2n) is 4.38. The van der Waals surface area contributed by atoms with Crippen molar-refractivity contribution >= 4 is 22.7 Å². The van der Waals surface area contributed by atoms with Gasteiger partial charge >= 0.3 is 5.76 Å². The summed E-state index contributed by atoms with van der Waals surface area (Å²) in [5, 5.41) is 9.16. The number of hydrogen-bond acceptors (Lipinski definition) is 4. The number of carbonyl (C=O) groups is 1. The topological polar surface area (TPSA) is 86.5 Å². The molecule has 102 valence electrons. The first-order valence-corrected chi connectivity index (χ1v) is 6.08. The van der Waals surface area contributed by atoms with E-state index in [-0.39, 0.29) is 12.5 Å². The standard InChI is InChI=1S/C13H16N2O4/c1-3-8(7-16)12(17)15(2)9-4-5-11-10(6-9)14-13(18)19-11/h4-6,8,16H,3,7H2,1-2H3,(H,14,18). The van der Waals surface area contributed by atoms with E-state index < -0.39 is 11.7 Å². The van der Waals surface area contributed by atoms with E-state index in [2.05, 4.69) is 4.98 Å². The van der Waals surface area contributed by atoms with Gasteiger partial charge in [0.2, 0.25) is 5.91 Å². The summed E-state index contributed by atoms with van der Waals surface area (Å²) in [5.74, 6) is -1.10. The third kappa shape index (κ3) is 2.53. The Morgan fingerprint density at radius 3 is 2.89 bits per heavy atom. The second kappa shape index (κ2) is 5.27. The lowest BCUT2D eigenvalue weighted by atomic mass is 10.1. The molecular weight excluding hydrogens is 248 g/mol. The van der Waals surface area contributed by atoms with Gasteiger partial charge in [-0.25, -0.2) is 4.79 Å². The maximum atomic E-state index is 12.1. The van der Waals surface area contributed by atoms with E-state index in [1.165, 1.54) is 4.90 Å². The minimum atomic E-state index is -0.525. The van der Waals surface area contributed by atoms with Crippen molar-refractivity contribution in [2.24, 2.45) is 5.92 Å². The number of anilines is 1. The second-order valence-corrected chi connectivity index (χ2v) is 4.38. The van der Waals surface area contributed by atoms with Gasteiger partial charge in [-0.05, 0) is 24.6 Å². The predicted octanol–water partition coefficient (Wildman–Crippen LogP) is 1.10. The largest absolute Gasteiger partial charge is 0.417 e. The van der Waals surface area contributed by atoms with Crippen molar-refractivity contribution in [3.05, 3.63) is 28.7 Å². The summed E-state index contributed by atoms with van der Waals surface area (Å²) >= 11 is 0. The first-order valence-electron chi connectivity index (χ1n) is 6.08. The van der Waals surface area contributed by atoms with Crippen molar-refractivity contribution in [1.29, 1.82) is 0 Å². The molecule has 6 nitrogen and oxygen atoms in total. The number of amides is 1. The third-order valence-electron chi connectivity index (χ3n) is 3.18. The minimum Gasteiger partial charge on any atom is -0.408 e. The summed E-state index contributed by atoms with van der Waals surface area (Å²) < 4.78 is 4.90. The molecule has 1 aromatic heterocycles. The van der Waals surface area contributed by atoms with Gasteiger partial charge in [0.05, 0.1) is 18.0 Å². The van der Waals surface area contributed by atoms with Gasteiger partial charge in [0.1, 0.15) is 0 Å². The Morgan fingerprint density at radius 2 is 2.26 bits per heavy atom. The summed E-state index contributed by atoms with van der Waals surface area (Å²) in [6, 6.07) is 5.00. The highest BCUT2D eigenvalue weighted by molar-refractivity contribution is 5.96. The molecule has 0 aliphatic carbocycles. The molecule has 0 bridgehead atoms. The lowest BCUT2D eigenvalue weighted by Crippen LogP contribution is -2.34. The number of hydrogen-bond donors (Lipinski definition) is 2. The zero-order valence-corrected chi connectivity index (χ0v) is 10.8. The maximum Gasteiger partial charge on any atom is 0.417 e. The number of H-pyrrole nitrogens is 1. The highest BCUT2D eigenvalue weighted by Crippen LogP contribution is 2.21. The first kappa shape index (κ1) is 13.4. The van der Waals surface area contributed by atoms with Gasteiger partial charge in [0.25, 0.3) is 0 Å². The lowest BCUT2D eigenvalue weighted by molar-refractivity contribution is -0.123. The minimum absolute atomic E-state index is 0.157. The maximum absolute atomic E-state index is 12.1. The molecule has 2 N–H and O–H groups in total. The van der Waals surface area contributed by atoms with Gasteiger partial charge in [-0.15, -0.1) is 0 Å². The summed E-state index contributed by atoms with van der Waals surface area (Å²) in [6.45, 7) is 1.67. The molecule has 1 amide bonds. The van der Waals surface area contributed by atoms with Gasteiger partial charge in [-0.3, -0.25) is 9.78 Å². The van der Waals surface area contributed by atoms with Gasteiger partial charge in [-0.1, -0.05) is 6.92 Å². The number of aromatic amines is 1. The summed E-state index contributed by atoms with van der Waals surface area (Å²) in [7, 11) is 1.64. The molecule has 0 radical (unpaired) electrons. The molecule has 0 spiro atoms. The Hall–Kier alpha value is -2.08. The van der Waals surface area contributed by atoms with E-state index in [9.17, 15) is 9.59 Å². The SMILES string of the molecule is CCC(CO)C(=O)N(C)c1ccc2oc(=O)[nH]c2c1. The molecule has 0 fully saturated rings. The molecule has 2 rings (SSSR count). The van der Waals surface area contributed by atoms with Crippen molar-refractivity contribution in [2.45, 2.75) is 13.3 Å². The Kier molecular flexibility index (Phi) is 3.71. The zero-order valence-electron chi connectivity index (χ0n) is 10.8. The Labute approximate surface area is 109 Å². The third-order valence-corrected chi connectivity index (χ3v) is 3.18. The van der Waals surface area contributed by atoms with E-state index in [4.69, 9.17) is 9.52 Å². The lowest BCUT2D eigenvalue weighted by Gasteiger charge is -2.21. The summed E-state index contributed by atoms with van der Waals surface area (Å²) in [6.07, 6.45) is 0.574. The van der Waals surface area contributed by atoms with Crippen LogP contribution in [0.3, 0.4) is 0 Å². The molecule has 0 saturated carbocycles. The van der Waals surface area contributed by atoms with Crippen LogP contribution in [0.2, 0.25) is 0 Å². The van der Waals surface area contributed by atoms with Crippen LogP contribution in [0.25, 0.3) is 11.1 Å². The number of aliphatic hydroxyl groups excluding tert-OH is 1. The molecule has 1 atom stereocenters. The molecule has 0 saturated heterocycles. The van der Waals surface area contributed by atoms with Crippen LogP contribution in [-0.2, 0) is 4.79 Å². The fourth-order valence-corrected chi connectivity index (χ4v) is 1.93. The van der Waals surface area contributed by atoms with Crippen molar-refractivity contribution in [3.8, 4) is 0 Å². The van der Waals surface area contributed by atoms with E-state index >= 15 is 0 Å². The summed E-state index contributed by atoms with van der Waals surface area (Å²) in [5.41, 5.74) is 1.63. The van der Waals surface area contributed by atoms with Gasteiger partial charge in [-0.2, -0.15) is 0 Å². The highest BCUT2D eigenvalue weighted by Gasteiger charge is 2.21. The molecule has 6 heteroatoms. The van der Waals surface area contributed by atoms with Crippen LogP contribution in [-0.4, -0.2) is 29.7 Å². The molecule has 19 heavy (non-hydrogen) atoms. The average molecular weight is 264 g/mol. The number of nitrogens with zero attached hydrogens (tertiary/aromatic N) is 1. The van der Waals surface area contributed by atoms with Crippen LogP contribution in [0.4, 0.5) is 5.69 Å². The quantitative estimate of drug-likeness (QED) is 0.865. The molecule has 0 aliphatic rings. The first-order chi connectivity index (χ1) is 9.06. The number of rotatable bonds is 4. The van der Waals surface area contributed by atoms with Crippen molar-refractivity contribution in [2.75, 3.05) is 18.6 Å². The zero-order chi connectivity index (χ0) is 14.0. The Balaban J connectivity index is 2.32. The molecule has 1 heterocycles. The number of aromatic nitrogens is 1. The van der Waals surface area contributed by atoms with E-state index in [0.29, 0.717) is 23.2 Å². The van der Waals surface area contributed by atoms with E-state index in [0.717, 1.165) is 0 Å². The Bertz CT molecular complexity index is 639. The van der Waals surface area contributed by atoms with Crippen molar-refractivity contribution in [1.82, 2.24) is 4.98 Å². The number of aliphatic hydroxyl groups is 1. The molecular formula is C13H16N2O4. The molecule has 1 unspecified atom stereocenters. The van der Waals surface area contributed by atoms with E-state index in [1.807, 2.05) is 6.92 Å². The predicted molar refractivity (Wildman–Crippen MR) is 71.1 cm³/mol.